The molecule has 3 aromatic rings. The van der Waals surface area contributed by atoms with Gasteiger partial charge in [0, 0.05) is 24.7 Å². The molecular weight excluding hydrogens is 338 g/mol. The topological polar surface area (TPSA) is 71.2 Å². The molecule has 3 aromatic heterocycles. The van der Waals surface area contributed by atoms with Crippen molar-refractivity contribution in [3.63, 3.8) is 0 Å². The van der Waals surface area contributed by atoms with Gasteiger partial charge >= 0.3 is 0 Å². The lowest BCUT2D eigenvalue weighted by molar-refractivity contribution is 0.373. The van der Waals surface area contributed by atoms with E-state index in [1.807, 2.05) is 42.8 Å². The molecular formula is C20H27N7. The van der Waals surface area contributed by atoms with E-state index in [-0.39, 0.29) is 5.54 Å². The van der Waals surface area contributed by atoms with Crippen molar-refractivity contribution in [1.82, 2.24) is 30.1 Å². The second kappa shape index (κ2) is 6.56. The van der Waals surface area contributed by atoms with E-state index in [1.165, 1.54) is 0 Å². The van der Waals surface area contributed by atoms with Crippen LogP contribution in [0.4, 0.5) is 5.82 Å². The minimum Gasteiger partial charge on any atom is -0.354 e. The Morgan fingerprint density at radius 1 is 1.11 bits per heavy atom. The molecule has 0 spiro atoms. The zero-order valence-electron chi connectivity index (χ0n) is 16.7. The normalized spacial score (nSPS) is 17.8. The largest absolute Gasteiger partial charge is 0.354 e. The van der Waals surface area contributed by atoms with Crippen molar-refractivity contribution in [3.05, 3.63) is 35.7 Å². The molecule has 4 heterocycles. The molecule has 0 radical (unpaired) electrons. The van der Waals surface area contributed by atoms with Crippen molar-refractivity contribution in [2.75, 3.05) is 18.0 Å². The number of rotatable bonds is 3. The van der Waals surface area contributed by atoms with E-state index in [2.05, 4.69) is 51.3 Å². The molecule has 0 amide bonds. The van der Waals surface area contributed by atoms with Crippen LogP contribution in [0.2, 0.25) is 0 Å². The highest BCUT2D eigenvalue weighted by molar-refractivity contribution is 5.60. The number of fused-ring (bicyclic) bond motifs is 1. The Morgan fingerprint density at radius 3 is 2.63 bits per heavy atom. The summed E-state index contributed by atoms with van der Waals surface area (Å²) in [6.07, 6.45) is 3.05. The average Bonchev–Trinajstić information content (AvgIpc) is 3.19. The Hall–Kier alpha value is -2.54. The predicted octanol–water partition coefficient (Wildman–Crippen LogP) is 2.77. The minimum absolute atomic E-state index is 0.129. The first-order valence-corrected chi connectivity index (χ1v) is 9.49. The molecule has 7 nitrogen and oxygen atoms in total. The lowest BCUT2D eigenvalue weighted by Crippen LogP contribution is -2.45. The fraction of sp³-hybridized carbons (Fsp3) is 0.500. The van der Waals surface area contributed by atoms with E-state index < -0.39 is 0 Å². The second-order valence-electron chi connectivity index (χ2n) is 8.47. The van der Waals surface area contributed by atoms with Gasteiger partial charge in [-0.1, -0.05) is 0 Å². The molecule has 1 atom stereocenters. The van der Waals surface area contributed by atoms with Gasteiger partial charge in [0.1, 0.15) is 11.4 Å². The highest BCUT2D eigenvalue weighted by Crippen LogP contribution is 2.22. The smallest absolute Gasteiger partial charge is 0.156 e. The Bertz CT molecular complexity index is 953. The van der Waals surface area contributed by atoms with Crippen LogP contribution in [-0.2, 0) is 0 Å². The molecule has 0 aromatic carbocycles. The number of aryl methyl sites for hydroxylation is 2. The van der Waals surface area contributed by atoms with Gasteiger partial charge in [-0.2, -0.15) is 5.10 Å². The molecule has 0 bridgehead atoms. The van der Waals surface area contributed by atoms with Crippen LogP contribution in [0.3, 0.4) is 0 Å². The van der Waals surface area contributed by atoms with Crippen molar-refractivity contribution in [3.8, 4) is 11.4 Å². The first-order chi connectivity index (χ1) is 12.8. The minimum atomic E-state index is 0.129. The van der Waals surface area contributed by atoms with Crippen molar-refractivity contribution in [2.45, 2.75) is 52.6 Å². The summed E-state index contributed by atoms with van der Waals surface area (Å²) in [7, 11) is 0. The zero-order valence-corrected chi connectivity index (χ0v) is 16.7. The van der Waals surface area contributed by atoms with E-state index in [1.54, 1.807) is 0 Å². The molecule has 142 valence electrons. The fourth-order valence-corrected chi connectivity index (χ4v) is 3.70. The lowest BCUT2D eigenvalue weighted by Gasteiger charge is -2.26. The Kier molecular flexibility index (Phi) is 4.34. The van der Waals surface area contributed by atoms with Crippen LogP contribution in [-0.4, -0.2) is 49.5 Å². The van der Waals surface area contributed by atoms with Gasteiger partial charge in [-0.05, 0) is 64.8 Å². The summed E-state index contributed by atoms with van der Waals surface area (Å²) < 4.78 is 1.82. The summed E-state index contributed by atoms with van der Waals surface area (Å²) in [5.74, 6) is 0.924. The van der Waals surface area contributed by atoms with Crippen LogP contribution in [0.15, 0.2) is 24.4 Å². The zero-order chi connectivity index (χ0) is 19.2. The van der Waals surface area contributed by atoms with Gasteiger partial charge < -0.3 is 10.2 Å². The molecule has 7 heteroatoms. The van der Waals surface area contributed by atoms with E-state index in [4.69, 9.17) is 0 Å². The van der Waals surface area contributed by atoms with E-state index in [0.29, 0.717) is 6.04 Å². The Labute approximate surface area is 159 Å². The molecule has 1 fully saturated rings. The number of anilines is 1. The molecule has 0 aliphatic carbocycles. The monoisotopic (exact) mass is 365 g/mol. The highest BCUT2D eigenvalue weighted by atomic mass is 15.3. The molecule has 4 rings (SSSR count). The number of aromatic nitrogens is 5. The van der Waals surface area contributed by atoms with Gasteiger partial charge in [-0.25, -0.2) is 9.50 Å². The second-order valence-corrected chi connectivity index (χ2v) is 8.47. The van der Waals surface area contributed by atoms with Crippen molar-refractivity contribution < 1.29 is 0 Å². The number of imidazole rings is 1. The molecule has 1 aliphatic rings. The van der Waals surface area contributed by atoms with E-state index in [0.717, 1.165) is 53.6 Å². The van der Waals surface area contributed by atoms with Crippen LogP contribution >= 0.6 is 0 Å². The Morgan fingerprint density at radius 2 is 1.93 bits per heavy atom. The van der Waals surface area contributed by atoms with Gasteiger partial charge in [0.05, 0.1) is 11.9 Å². The summed E-state index contributed by atoms with van der Waals surface area (Å²) in [6, 6.07) is 6.56. The van der Waals surface area contributed by atoms with Gasteiger partial charge in [-0.3, -0.25) is 0 Å². The van der Waals surface area contributed by atoms with Crippen LogP contribution in [0.1, 0.15) is 38.4 Å². The van der Waals surface area contributed by atoms with Crippen LogP contribution in [0, 0.1) is 13.8 Å². The standard InChI is InChI=1S/C20H27N7/c1-13-10-17(25-27-11-14(2)21-19(13)27)16-6-7-18(24-23-16)26-9-8-15(12-26)22-20(3,4)5/h6-7,10-11,15,22H,8-9,12H2,1-5H3. The average molecular weight is 365 g/mol. The molecule has 1 unspecified atom stereocenters. The summed E-state index contributed by atoms with van der Waals surface area (Å²) >= 11 is 0. The SMILES string of the molecule is Cc1cn2nc(-c3ccc(N4CCC(NC(C)(C)C)C4)nn3)cc(C)c2n1. The van der Waals surface area contributed by atoms with Crippen molar-refractivity contribution >= 4 is 11.5 Å². The number of nitrogens with one attached hydrogen (secondary N) is 1. The van der Waals surface area contributed by atoms with Gasteiger partial charge in [-0.15, -0.1) is 10.2 Å². The first-order valence-electron chi connectivity index (χ1n) is 9.49. The predicted molar refractivity (Wildman–Crippen MR) is 107 cm³/mol. The Balaban J connectivity index is 1.53. The third-order valence-corrected chi connectivity index (χ3v) is 4.79. The third kappa shape index (κ3) is 3.78. The number of hydrogen-bond donors (Lipinski definition) is 1. The summed E-state index contributed by atoms with van der Waals surface area (Å²) in [5.41, 5.74) is 4.63. The first kappa shape index (κ1) is 17.9. The summed E-state index contributed by atoms with van der Waals surface area (Å²) in [5, 5.41) is 17.2. The highest BCUT2D eigenvalue weighted by Gasteiger charge is 2.26. The van der Waals surface area contributed by atoms with Crippen molar-refractivity contribution in [1.29, 1.82) is 0 Å². The quantitative estimate of drug-likeness (QED) is 0.770. The molecule has 1 aliphatic heterocycles. The van der Waals surface area contributed by atoms with Gasteiger partial charge in [0.15, 0.2) is 11.5 Å². The van der Waals surface area contributed by atoms with Crippen LogP contribution < -0.4 is 10.2 Å². The molecule has 1 N–H and O–H groups in total. The van der Waals surface area contributed by atoms with E-state index >= 15 is 0 Å². The fourth-order valence-electron chi connectivity index (χ4n) is 3.70. The van der Waals surface area contributed by atoms with Crippen LogP contribution in [0.25, 0.3) is 17.0 Å². The molecule has 0 saturated carbocycles. The lowest BCUT2D eigenvalue weighted by atomic mass is 10.1. The maximum Gasteiger partial charge on any atom is 0.156 e. The molecule has 27 heavy (non-hydrogen) atoms. The third-order valence-electron chi connectivity index (χ3n) is 4.79. The van der Waals surface area contributed by atoms with Gasteiger partial charge in [0.25, 0.3) is 0 Å². The summed E-state index contributed by atoms with van der Waals surface area (Å²) in [6.45, 7) is 12.6. The van der Waals surface area contributed by atoms with Gasteiger partial charge in [0.2, 0.25) is 0 Å². The maximum absolute atomic E-state index is 4.63. The summed E-state index contributed by atoms with van der Waals surface area (Å²) in [4.78, 5) is 6.79. The molecule has 1 saturated heterocycles. The number of hydrogen-bond acceptors (Lipinski definition) is 6. The van der Waals surface area contributed by atoms with E-state index in [9.17, 15) is 0 Å². The van der Waals surface area contributed by atoms with Crippen LogP contribution in [0.5, 0.6) is 0 Å². The maximum atomic E-state index is 4.63. The number of nitrogens with zero attached hydrogens (tertiary/aromatic N) is 6. The van der Waals surface area contributed by atoms with Crippen molar-refractivity contribution in [2.24, 2.45) is 0 Å².